The van der Waals surface area contributed by atoms with Crippen molar-refractivity contribution >= 4 is 6.29 Å². The minimum Gasteiger partial charge on any atom is -0.284 e. The fourth-order valence-corrected chi connectivity index (χ4v) is 1.09. The van der Waals surface area contributed by atoms with Crippen LogP contribution in [0.4, 0.5) is 0 Å². The molecule has 0 unspecified atom stereocenters. The third-order valence-electron chi connectivity index (χ3n) is 1.61. The van der Waals surface area contributed by atoms with Crippen LogP contribution in [0.1, 0.15) is 0 Å². The van der Waals surface area contributed by atoms with Gasteiger partial charge in [0.2, 0.25) is 0 Å². The standard InChI is InChI=1S/C8H6N3O/c9-8(5-12)10-6-3-1-2-4-7(6)11-8/h1-4H,9H2. The van der Waals surface area contributed by atoms with Gasteiger partial charge in [0.15, 0.2) is 0 Å². The van der Waals surface area contributed by atoms with E-state index in [1.807, 2.05) is 12.1 Å². The maximum atomic E-state index is 10.4. The van der Waals surface area contributed by atoms with Gasteiger partial charge in [0, 0.05) is 0 Å². The highest BCUT2D eigenvalue weighted by Crippen LogP contribution is 2.00. The van der Waals surface area contributed by atoms with Gasteiger partial charge in [0.05, 0.1) is 10.7 Å². The van der Waals surface area contributed by atoms with Crippen LogP contribution in [0.2, 0.25) is 0 Å². The number of para-hydroxylation sites is 2. The maximum Gasteiger partial charge on any atom is 0.272 e. The molecule has 0 saturated heterocycles. The fourth-order valence-electron chi connectivity index (χ4n) is 1.09. The van der Waals surface area contributed by atoms with Crippen molar-refractivity contribution < 1.29 is 4.79 Å². The lowest BCUT2D eigenvalue weighted by molar-refractivity contribution is 0.498. The van der Waals surface area contributed by atoms with Crippen molar-refractivity contribution in [1.29, 1.82) is 0 Å². The summed E-state index contributed by atoms with van der Waals surface area (Å²) in [5.41, 5.74) is 5.45. The predicted octanol–water partition coefficient (Wildman–Crippen LogP) is -1.34. The number of rotatable bonds is 1. The molecule has 0 fully saturated rings. The zero-order valence-corrected chi connectivity index (χ0v) is 6.19. The summed E-state index contributed by atoms with van der Waals surface area (Å²) >= 11 is 0. The van der Waals surface area contributed by atoms with Gasteiger partial charge in [-0.25, -0.2) is 9.98 Å². The molecule has 1 aliphatic rings. The van der Waals surface area contributed by atoms with E-state index >= 15 is 0 Å². The van der Waals surface area contributed by atoms with Gasteiger partial charge >= 0.3 is 0 Å². The first-order chi connectivity index (χ1) is 5.73. The Morgan fingerprint density at radius 2 is 1.75 bits per heavy atom. The Balaban J connectivity index is 2.75. The predicted molar refractivity (Wildman–Crippen MR) is 41.4 cm³/mol. The van der Waals surface area contributed by atoms with Gasteiger partial charge in [0.1, 0.15) is 0 Å². The second-order valence-corrected chi connectivity index (χ2v) is 2.54. The molecule has 1 heterocycles. The van der Waals surface area contributed by atoms with E-state index in [4.69, 9.17) is 5.73 Å². The van der Waals surface area contributed by atoms with Crippen molar-refractivity contribution in [2.24, 2.45) is 15.7 Å². The highest BCUT2D eigenvalue weighted by molar-refractivity contribution is 5.64. The van der Waals surface area contributed by atoms with Crippen LogP contribution in [0, 0.1) is 0 Å². The highest BCUT2D eigenvalue weighted by Gasteiger charge is 2.25. The molecule has 0 spiro atoms. The molecule has 1 aliphatic heterocycles. The summed E-state index contributed by atoms with van der Waals surface area (Å²) in [6.07, 6.45) is 1.58. The van der Waals surface area contributed by atoms with E-state index in [9.17, 15) is 4.79 Å². The number of carbonyl (C=O) groups excluding carboxylic acids is 1. The number of nitrogens with zero attached hydrogens (tertiary/aromatic N) is 2. The monoisotopic (exact) mass is 160 g/mol. The number of hydrogen-bond donors (Lipinski definition) is 1. The van der Waals surface area contributed by atoms with Gasteiger partial charge < -0.3 is 0 Å². The summed E-state index contributed by atoms with van der Waals surface area (Å²) < 4.78 is 0. The Morgan fingerprint density at radius 3 is 2.17 bits per heavy atom. The van der Waals surface area contributed by atoms with Crippen molar-refractivity contribution in [1.82, 2.24) is 0 Å². The summed E-state index contributed by atoms with van der Waals surface area (Å²) in [6.45, 7) is 0. The van der Waals surface area contributed by atoms with Crippen molar-refractivity contribution in [2.75, 3.05) is 0 Å². The third kappa shape index (κ3) is 0.931. The van der Waals surface area contributed by atoms with E-state index in [0.717, 1.165) is 0 Å². The van der Waals surface area contributed by atoms with E-state index in [1.165, 1.54) is 0 Å². The van der Waals surface area contributed by atoms with E-state index in [1.54, 1.807) is 18.4 Å². The lowest BCUT2D eigenvalue weighted by Crippen LogP contribution is -2.36. The molecule has 0 bridgehead atoms. The van der Waals surface area contributed by atoms with Crippen molar-refractivity contribution in [3.63, 3.8) is 0 Å². The summed E-state index contributed by atoms with van der Waals surface area (Å²) in [6, 6.07) is 7.14. The molecule has 2 N–H and O–H groups in total. The van der Waals surface area contributed by atoms with Gasteiger partial charge in [-0.3, -0.25) is 10.5 Å². The summed E-state index contributed by atoms with van der Waals surface area (Å²) in [5, 5.41) is 1.28. The highest BCUT2D eigenvalue weighted by atomic mass is 16.1. The summed E-state index contributed by atoms with van der Waals surface area (Å²) in [7, 11) is 0. The van der Waals surface area contributed by atoms with Crippen LogP contribution in [0.3, 0.4) is 0 Å². The molecule has 12 heavy (non-hydrogen) atoms. The Kier molecular flexibility index (Phi) is 1.31. The van der Waals surface area contributed by atoms with E-state index in [2.05, 4.69) is 9.98 Å². The Labute approximate surface area is 68.4 Å². The Bertz CT molecular complexity index is 403. The van der Waals surface area contributed by atoms with Crippen LogP contribution < -0.4 is 16.4 Å². The van der Waals surface area contributed by atoms with Gasteiger partial charge in [-0.15, -0.1) is 0 Å². The van der Waals surface area contributed by atoms with Crippen LogP contribution in [0.5, 0.6) is 0 Å². The number of nitrogens with two attached hydrogens (primary N) is 1. The SMILES string of the molecule is NC1([C]=O)N=c2ccccc2=N1. The van der Waals surface area contributed by atoms with Crippen LogP contribution in [-0.2, 0) is 4.79 Å². The van der Waals surface area contributed by atoms with Gasteiger partial charge in [-0.1, -0.05) is 12.1 Å². The molecule has 1 aromatic carbocycles. The number of hydrogen-bond acceptors (Lipinski definition) is 4. The second kappa shape index (κ2) is 2.22. The van der Waals surface area contributed by atoms with E-state index in [0.29, 0.717) is 10.7 Å². The molecule has 1 aromatic rings. The molecule has 0 atom stereocenters. The van der Waals surface area contributed by atoms with Gasteiger partial charge in [-0.05, 0) is 12.1 Å². The average Bonchev–Trinajstić information content (AvgIpc) is 2.42. The summed E-state index contributed by atoms with van der Waals surface area (Å²) in [4.78, 5) is 18.1. The quantitative estimate of drug-likeness (QED) is 0.552. The second-order valence-electron chi connectivity index (χ2n) is 2.54. The van der Waals surface area contributed by atoms with Crippen LogP contribution in [-0.4, -0.2) is 12.1 Å². The maximum absolute atomic E-state index is 10.4. The first-order valence-corrected chi connectivity index (χ1v) is 3.46. The van der Waals surface area contributed by atoms with Crippen molar-refractivity contribution in [2.45, 2.75) is 5.79 Å². The molecule has 4 nitrogen and oxygen atoms in total. The Hall–Kier alpha value is -1.55. The van der Waals surface area contributed by atoms with Gasteiger partial charge in [-0.2, -0.15) is 0 Å². The minimum atomic E-state index is -1.51. The van der Waals surface area contributed by atoms with E-state index < -0.39 is 5.79 Å². The molecule has 59 valence electrons. The molecular formula is C8H6N3O. The fraction of sp³-hybridized carbons (Fsp3) is 0.125. The molecule has 0 amide bonds. The van der Waals surface area contributed by atoms with Crippen LogP contribution >= 0.6 is 0 Å². The van der Waals surface area contributed by atoms with Crippen molar-refractivity contribution in [3.8, 4) is 0 Å². The molecule has 0 aromatic heterocycles. The zero-order valence-electron chi connectivity index (χ0n) is 6.19. The molecule has 2 rings (SSSR count). The summed E-state index contributed by atoms with van der Waals surface area (Å²) in [5.74, 6) is -1.51. The lowest BCUT2D eigenvalue weighted by atomic mass is 10.3. The lowest BCUT2D eigenvalue weighted by Gasteiger charge is -2.03. The normalized spacial score (nSPS) is 17.4. The number of benzene rings is 1. The average molecular weight is 160 g/mol. The molecule has 0 saturated carbocycles. The topological polar surface area (TPSA) is 67.8 Å². The molecule has 0 aliphatic carbocycles. The third-order valence-corrected chi connectivity index (χ3v) is 1.61. The van der Waals surface area contributed by atoms with Crippen LogP contribution in [0.25, 0.3) is 0 Å². The Morgan fingerprint density at radius 1 is 1.25 bits per heavy atom. The van der Waals surface area contributed by atoms with Crippen LogP contribution in [0.15, 0.2) is 34.3 Å². The number of fused-ring (bicyclic) bond motifs is 1. The minimum absolute atomic E-state index is 0.642. The molecule has 1 radical (unpaired) electrons. The zero-order chi connectivity index (χ0) is 8.60. The molecular weight excluding hydrogens is 154 g/mol. The van der Waals surface area contributed by atoms with Gasteiger partial charge in [0.25, 0.3) is 12.1 Å². The molecule has 4 heteroatoms. The largest absolute Gasteiger partial charge is 0.284 e. The van der Waals surface area contributed by atoms with Crippen molar-refractivity contribution in [3.05, 3.63) is 35.0 Å². The smallest absolute Gasteiger partial charge is 0.272 e. The first-order valence-electron chi connectivity index (χ1n) is 3.46. The van der Waals surface area contributed by atoms with E-state index in [-0.39, 0.29) is 0 Å². The first kappa shape index (κ1) is 7.12.